The van der Waals surface area contributed by atoms with Crippen LogP contribution < -0.4 is 5.32 Å². The van der Waals surface area contributed by atoms with Crippen molar-refractivity contribution in [3.05, 3.63) is 53.1 Å². The van der Waals surface area contributed by atoms with Crippen molar-refractivity contribution in [2.75, 3.05) is 5.32 Å². The average molecular weight is 390 g/mol. The van der Waals surface area contributed by atoms with Crippen LogP contribution in [0.25, 0.3) is 11.3 Å². The van der Waals surface area contributed by atoms with Gasteiger partial charge in [-0.3, -0.25) is 9.89 Å². The molecule has 1 amide bonds. The Hall–Kier alpha value is -2.54. The zero-order valence-electron chi connectivity index (χ0n) is 16.5. The Labute approximate surface area is 172 Å². The number of halogens is 1. The number of amides is 1. The van der Waals surface area contributed by atoms with Crippen LogP contribution in [-0.4, -0.2) is 62.7 Å². The van der Waals surface area contributed by atoms with Gasteiger partial charge in [-0.05, 0) is 29.8 Å². The molecule has 0 fully saturated rings. The molecule has 2 N–H and O–H groups in total. The first-order valence-electron chi connectivity index (χ1n) is 8.90. The highest BCUT2D eigenvalue weighted by atomic mass is 35.5. The molecule has 0 radical (unpaired) electrons. The number of nitrogens with zero attached hydrogens (tertiary/aromatic N) is 4. The predicted molar refractivity (Wildman–Crippen MR) is 121 cm³/mol. The number of carbonyl (C=O) groups is 1. The molecule has 0 aliphatic heterocycles. The highest BCUT2D eigenvalue weighted by Crippen LogP contribution is 2.39. The molecular weight excluding hydrogens is 371 g/mol. The number of hydrogen-bond donors (Lipinski definition) is 2. The normalized spacial score (nSPS) is 11.9. The smallest absolute Gasteiger partial charge is 0.215 e. The molecule has 0 aromatic carbocycles. The summed E-state index contributed by atoms with van der Waals surface area (Å²) >= 11 is 5.91. The molecule has 12 heteroatoms. The largest absolute Gasteiger partial charge is 0.312 e. The minimum atomic E-state index is -0.738. The summed E-state index contributed by atoms with van der Waals surface area (Å²) in [4.78, 5) is 17.4. The fourth-order valence-electron chi connectivity index (χ4n) is 2.89. The molecule has 0 aliphatic rings. The highest BCUT2D eigenvalue weighted by Gasteiger charge is 2.44. The molecule has 0 saturated carbocycles. The summed E-state index contributed by atoms with van der Waals surface area (Å²) < 4.78 is 0. The van der Waals surface area contributed by atoms with Crippen molar-refractivity contribution < 1.29 is 4.79 Å². The van der Waals surface area contributed by atoms with Crippen molar-refractivity contribution in [3.8, 4) is 11.3 Å². The van der Waals surface area contributed by atoms with Gasteiger partial charge in [-0.2, -0.15) is 15.3 Å². The van der Waals surface area contributed by atoms with E-state index in [9.17, 15) is 4.79 Å². The molecule has 0 bridgehead atoms. The number of anilines is 1. The molecular formula is C16H19B4ClN6O. The third-order valence-electron chi connectivity index (χ3n) is 5.69. The highest BCUT2D eigenvalue weighted by molar-refractivity contribution is 6.62. The molecule has 0 spiro atoms. The molecule has 7 nitrogen and oxygen atoms in total. The molecule has 0 saturated heterocycles. The summed E-state index contributed by atoms with van der Waals surface area (Å²) in [5, 5.41) is 17.1. The van der Waals surface area contributed by atoms with Crippen molar-refractivity contribution in [3.63, 3.8) is 0 Å². The summed E-state index contributed by atoms with van der Waals surface area (Å²) in [7, 11) is 7.86. The number of hydrogen-bond acceptors (Lipinski definition) is 5. The van der Waals surface area contributed by atoms with E-state index in [-0.39, 0.29) is 5.91 Å². The van der Waals surface area contributed by atoms with Crippen LogP contribution in [0.5, 0.6) is 0 Å². The van der Waals surface area contributed by atoms with E-state index in [1.54, 1.807) is 24.7 Å². The fourth-order valence-corrected chi connectivity index (χ4v) is 3.00. The number of pyridine rings is 1. The lowest BCUT2D eigenvalue weighted by atomic mass is 9.28. The van der Waals surface area contributed by atoms with Crippen molar-refractivity contribution >= 4 is 54.7 Å². The van der Waals surface area contributed by atoms with Crippen LogP contribution >= 0.6 is 11.6 Å². The Bertz CT molecular complexity index is 994. The van der Waals surface area contributed by atoms with Gasteiger partial charge in [0.15, 0.2) is 0 Å². The number of H-pyrrole nitrogens is 1. The topological polar surface area (TPSA) is 96.5 Å². The number of aromatic amines is 1. The Balaban J connectivity index is 1.86. The van der Waals surface area contributed by atoms with Gasteiger partial charge in [-0.1, -0.05) is 22.9 Å². The van der Waals surface area contributed by atoms with Gasteiger partial charge < -0.3 is 5.32 Å². The van der Waals surface area contributed by atoms with E-state index in [2.05, 4.69) is 30.7 Å². The number of nitrogens with one attached hydrogen (secondary N) is 2. The number of carbonyl (C=O) groups excluding carboxylic acids is 1. The Morgan fingerprint density at radius 3 is 2.50 bits per heavy atom. The lowest BCUT2D eigenvalue weighted by molar-refractivity contribution is -0.117. The Morgan fingerprint density at radius 1 is 1.14 bits per heavy atom. The van der Waals surface area contributed by atoms with E-state index in [1.165, 1.54) is 0 Å². The zero-order chi connectivity index (χ0) is 20.5. The Kier molecular flexibility index (Phi) is 5.39. The van der Waals surface area contributed by atoms with Gasteiger partial charge in [0.05, 0.1) is 18.1 Å². The van der Waals surface area contributed by atoms with E-state index in [4.69, 9.17) is 11.6 Å². The summed E-state index contributed by atoms with van der Waals surface area (Å²) in [6.07, 6.45) is 4.95. The van der Waals surface area contributed by atoms with Crippen LogP contribution in [0.1, 0.15) is 11.1 Å². The third kappa shape index (κ3) is 3.58. The van der Waals surface area contributed by atoms with Gasteiger partial charge >= 0.3 is 0 Å². The first-order chi connectivity index (χ1) is 13.1. The average Bonchev–Trinajstić information content (AvgIpc) is 3.03. The van der Waals surface area contributed by atoms with E-state index >= 15 is 0 Å². The summed E-state index contributed by atoms with van der Waals surface area (Å²) in [5.74, 6) is 0.438. The minimum Gasteiger partial charge on any atom is -0.312 e. The maximum atomic E-state index is 13.2. The summed E-state index contributed by atoms with van der Waals surface area (Å²) in [6, 6.07) is 5.46. The van der Waals surface area contributed by atoms with Crippen LogP contribution in [0.3, 0.4) is 0 Å². The van der Waals surface area contributed by atoms with Gasteiger partial charge in [-0.15, -0.1) is 0 Å². The summed E-state index contributed by atoms with van der Waals surface area (Å²) in [6.45, 7) is 1.90. The summed E-state index contributed by atoms with van der Waals surface area (Å²) in [5.41, 5.74) is 3.32. The van der Waals surface area contributed by atoms with Gasteiger partial charge in [0.25, 0.3) is 0 Å². The third-order valence-corrected chi connectivity index (χ3v) is 5.91. The predicted octanol–water partition coefficient (Wildman–Crippen LogP) is -1.34. The first-order valence-corrected chi connectivity index (χ1v) is 9.28. The molecule has 0 atom stereocenters. The van der Waals surface area contributed by atoms with Crippen LogP contribution in [0.4, 0.5) is 5.82 Å². The van der Waals surface area contributed by atoms with E-state index in [0.717, 1.165) is 22.4 Å². The molecule has 138 valence electrons. The molecule has 0 unspecified atom stereocenters. The maximum absolute atomic E-state index is 13.2. The van der Waals surface area contributed by atoms with Crippen LogP contribution in [-0.2, 0) is 10.0 Å². The van der Waals surface area contributed by atoms with Gasteiger partial charge in [-0.25, -0.2) is 4.98 Å². The van der Waals surface area contributed by atoms with Crippen molar-refractivity contribution in [2.45, 2.75) is 17.4 Å². The first kappa shape index (κ1) is 20.2. The molecule has 3 heterocycles. The van der Waals surface area contributed by atoms with Crippen molar-refractivity contribution in [2.24, 2.45) is 0 Å². The quantitative estimate of drug-likeness (QED) is 0.416. The van der Waals surface area contributed by atoms with Gasteiger partial charge in [0.2, 0.25) is 5.91 Å². The second-order valence-corrected chi connectivity index (χ2v) is 8.16. The van der Waals surface area contributed by atoms with Crippen LogP contribution in [0.15, 0.2) is 36.8 Å². The van der Waals surface area contributed by atoms with E-state index < -0.39 is 10.4 Å². The van der Waals surface area contributed by atoms with Crippen molar-refractivity contribution in [1.29, 1.82) is 0 Å². The van der Waals surface area contributed by atoms with Crippen LogP contribution in [0, 0.1) is 6.92 Å². The molecule has 3 aromatic rings. The van der Waals surface area contributed by atoms with E-state index in [0.29, 0.717) is 11.0 Å². The Morgan fingerprint density at radius 2 is 1.89 bits per heavy atom. The van der Waals surface area contributed by atoms with Crippen molar-refractivity contribution in [1.82, 2.24) is 25.4 Å². The van der Waals surface area contributed by atoms with Crippen LogP contribution in [0.2, 0.25) is 10.4 Å². The minimum absolute atomic E-state index is 0.126. The van der Waals surface area contributed by atoms with E-state index in [1.807, 2.05) is 50.4 Å². The maximum Gasteiger partial charge on any atom is 0.215 e. The molecule has 0 aliphatic carbocycles. The fraction of sp³-hybridized carbons (Fsp3) is 0.188. The van der Waals surface area contributed by atoms with Gasteiger partial charge in [0, 0.05) is 17.3 Å². The standard InChI is InChI=1S/C16H19B4ClN6O/c1-8-12(9-4-5-23-24-6-9)26-27-13(8)25-14(28)16(19,20)15(17,18)10-2-3-11(21)22-7-10/h2-7H,17-20H2,1H3,(H2,25,26,27,28). The molecule has 3 rings (SSSR count). The lowest BCUT2D eigenvalue weighted by Crippen LogP contribution is -2.50. The number of rotatable bonds is 5. The SMILES string of the molecule is BC(B)(C(=O)Nc1[nH]nc(-c2ccnnc2)c1C)C(B)(B)c1ccc(Cl)nc1. The zero-order valence-corrected chi connectivity index (χ0v) is 17.3. The second kappa shape index (κ2) is 7.47. The lowest BCUT2D eigenvalue weighted by Gasteiger charge is -2.41. The molecule has 3 aromatic heterocycles. The number of aromatic nitrogens is 5. The molecule has 28 heavy (non-hydrogen) atoms. The van der Waals surface area contributed by atoms with Gasteiger partial charge in [0.1, 0.15) is 42.4 Å². The monoisotopic (exact) mass is 390 g/mol. The second-order valence-electron chi connectivity index (χ2n) is 7.78.